The molecule has 1 amide bonds. The van der Waals surface area contributed by atoms with Crippen molar-refractivity contribution in [3.8, 4) is 11.1 Å². The first-order valence-corrected chi connectivity index (χ1v) is 21.1. The van der Waals surface area contributed by atoms with Crippen molar-refractivity contribution < 1.29 is 24.2 Å². The Bertz CT molecular complexity index is 2280. The fourth-order valence-electron chi connectivity index (χ4n) is 11.2. The second-order valence-corrected chi connectivity index (χ2v) is 18.3. The van der Waals surface area contributed by atoms with E-state index < -0.39 is 5.97 Å². The zero-order chi connectivity index (χ0) is 38.0. The summed E-state index contributed by atoms with van der Waals surface area (Å²) in [5, 5.41) is 19.0. The molecule has 2 unspecified atom stereocenters. The first kappa shape index (κ1) is 35.7. The predicted octanol–water partition coefficient (Wildman–Crippen LogP) is 8.16. The van der Waals surface area contributed by atoms with Crippen molar-refractivity contribution in [2.45, 2.75) is 83.4 Å². The molecule has 11 nitrogen and oxygen atoms in total. The molecule has 5 fully saturated rings. The molecule has 4 saturated carbocycles. The number of hydrogen-bond acceptors (Lipinski definition) is 9. The van der Waals surface area contributed by atoms with Crippen LogP contribution in [0.1, 0.15) is 89.0 Å². The van der Waals surface area contributed by atoms with Crippen LogP contribution in [-0.4, -0.2) is 68.7 Å². The molecule has 4 aliphatic carbocycles. The number of carbonyl (C=O) groups excluding carboxylic acids is 1. The van der Waals surface area contributed by atoms with Crippen molar-refractivity contribution in [3.05, 3.63) is 88.9 Å². The van der Waals surface area contributed by atoms with Crippen LogP contribution in [0.15, 0.2) is 60.8 Å². The maximum absolute atomic E-state index is 13.6. The number of carbonyl (C=O) groups is 2. The number of nitrogens with one attached hydrogen (secondary N) is 1. The summed E-state index contributed by atoms with van der Waals surface area (Å²) in [6.45, 7) is 6.51. The van der Waals surface area contributed by atoms with Crippen molar-refractivity contribution in [2.24, 2.45) is 23.2 Å². The third-order valence-corrected chi connectivity index (χ3v) is 14.4. The third-order valence-electron chi connectivity index (χ3n) is 13.4. The standard InChI is InChI=1S/C44H48N6O5S/c1-27-34(22-45-50(27)26-43-18-29-17-30(19-43)21-44(20-29,25-43)55-24-28-12-15-54-16-13-28)32-9-10-38(47-39(32)41(52)53)49-14-11-31-5-4-6-33(35(31)23-49)40(51)48-42-46-36-7-2-3-8-37(36)56-42/h2-10,22,28-30H,11-21,23-26H2,1H3,(H,52,53)(H,46,48,51). The average molecular weight is 773 g/mol. The van der Waals surface area contributed by atoms with Gasteiger partial charge in [-0.2, -0.15) is 5.10 Å². The Kier molecular flexibility index (Phi) is 8.98. The summed E-state index contributed by atoms with van der Waals surface area (Å²) in [5.41, 5.74) is 5.90. The molecule has 12 heteroatoms. The first-order valence-electron chi connectivity index (χ1n) is 20.2. The fourth-order valence-corrected chi connectivity index (χ4v) is 12.1. The predicted molar refractivity (Wildman–Crippen MR) is 215 cm³/mol. The van der Waals surface area contributed by atoms with Crippen LogP contribution in [0.5, 0.6) is 0 Å². The van der Waals surface area contributed by atoms with E-state index in [2.05, 4.69) is 32.9 Å². The molecule has 2 aliphatic heterocycles. The number of anilines is 2. The Labute approximate surface area is 330 Å². The van der Waals surface area contributed by atoms with E-state index in [0.717, 1.165) is 78.2 Å². The molecule has 0 radical (unpaired) electrons. The average Bonchev–Trinajstić information content (AvgIpc) is 3.77. The lowest BCUT2D eigenvalue weighted by atomic mass is 9.48. The summed E-state index contributed by atoms with van der Waals surface area (Å²) in [7, 11) is 0. The lowest BCUT2D eigenvalue weighted by Gasteiger charge is -2.62. The molecular weight excluding hydrogens is 725 g/mol. The molecule has 2 N–H and O–H groups in total. The van der Waals surface area contributed by atoms with Gasteiger partial charge < -0.3 is 19.5 Å². The van der Waals surface area contributed by atoms with Gasteiger partial charge in [-0.05, 0) is 129 Å². The number of amides is 1. The minimum Gasteiger partial charge on any atom is -0.476 e. The van der Waals surface area contributed by atoms with Gasteiger partial charge in [0.1, 0.15) is 5.82 Å². The molecule has 56 heavy (non-hydrogen) atoms. The number of rotatable bonds is 10. The summed E-state index contributed by atoms with van der Waals surface area (Å²) in [5.74, 6) is 1.27. The zero-order valence-electron chi connectivity index (χ0n) is 31.8. The van der Waals surface area contributed by atoms with Crippen LogP contribution >= 0.6 is 11.3 Å². The Hall–Kier alpha value is -4.65. The molecule has 0 spiro atoms. The Balaban J connectivity index is 0.873. The molecule has 11 rings (SSSR count). The van der Waals surface area contributed by atoms with Crippen molar-refractivity contribution in [2.75, 3.05) is 36.6 Å². The first-order chi connectivity index (χ1) is 27.2. The topological polar surface area (TPSA) is 132 Å². The molecule has 2 atom stereocenters. The van der Waals surface area contributed by atoms with Gasteiger partial charge in [0.05, 0.1) is 28.6 Å². The van der Waals surface area contributed by atoms with E-state index in [1.165, 1.54) is 43.4 Å². The Morgan fingerprint density at radius 3 is 2.62 bits per heavy atom. The number of nitrogens with zero attached hydrogens (tertiary/aromatic N) is 5. The number of carboxylic acid groups (broad SMARTS) is 1. The van der Waals surface area contributed by atoms with Crippen LogP contribution in [-0.2, 0) is 29.0 Å². The van der Waals surface area contributed by atoms with Gasteiger partial charge in [0.2, 0.25) is 0 Å². The lowest BCUT2D eigenvalue weighted by molar-refractivity contribution is -0.204. The van der Waals surface area contributed by atoms with Crippen LogP contribution in [0.4, 0.5) is 10.9 Å². The molecule has 2 aromatic carbocycles. The van der Waals surface area contributed by atoms with Crippen LogP contribution in [0.2, 0.25) is 0 Å². The van der Waals surface area contributed by atoms with Gasteiger partial charge in [0, 0.05) is 55.2 Å². The van der Waals surface area contributed by atoms with Gasteiger partial charge in [-0.15, -0.1) is 0 Å². The van der Waals surface area contributed by atoms with E-state index in [9.17, 15) is 14.7 Å². The number of fused-ring (bicyclic) bond motifs is 2. The molecule has 290 valence electrons. The summed E-state index contributed by atoms with van der Waals surface area (Å²) >= 11 is 1.45. The van der Waals surface area contributed by atoms with Crippen molar-refractivity contribution >= 4 is 44.4 Å². The summed E-state index contributed by atoms with van der Waals surface area (Å²) in [6, 6.07) is 17.4. The number of pyridine rings is 1. The third kappa shape index (κ3) is 6.59. The second kappa shape index (κ2) is 14.1. The van der Waals surface area contributed by atoms with Gasteiger partial charge in [0.25, 0.3) is 5.91 Å². The van der Waals surface area contributed by atoms with Gasteiger partial charge in [-0.3, -0.25) is 14.8 Å². The highest BCUT2D eigenvalue weighted by atomic mass is 32.1. The van der Waals surface area contributed by atoms with E-state index >= 15 is 0 Å². The Morgan fingerprint density at radius 2 is 1.82 bits per heavy atom. The van der Waals surface area contributed by atoms with E-state index in [-0.39, 0.29) is 22.6 Å². The summed E-state index contributed by atoms with van der Waals surface area (Å²) in [6.07, 6.45) is 11.9. The van der Waals surface area contributed by atoms with Gasteiger partial charge >= 0.3 is 5.97 Å². The molecule has 4 bridgehead atoms. The van der Waals surface area contributed by atoms with Crippen molar-refractivity contribution in [3.63, 3.8) is 0 Å². The minimum atomic E-state index is -1.08. The largest absolute Gasteiger partial charge is 0.476 e. The molecule has 1 saturated heterocycles. The number of thiazole rings is 1. The highest BCUT2D eigenvalue weighted by Crippen LogP contribution is 2.63. The minimum absolute atomic E-state index is 0.00748. The number of benzene rings is 2. The lowest BCUT2D eigenvalue weighted by Crippen LogP contribution is -2.58. The van der Waals surface area contributed by atoms with Crippen LogP contribution in [0.25, 0.3) is 21.3 Å². The van der Waals surface area contributed by atoms with E-state index in [0.29, 0.717) is 59.3 Å². The highest BCUT2D eigenvalue weighted by molar-refractivity contribution is 7.22. The number of aromatic nitrogens is 4. The van der Waals surface area contributed by atoms with E-state index in [1.807, 2.05) is 54.7 Å². The van der Waals surface area contributed by atoms with Gasteiger partial charge in [-0.1, -0.05) is 35.6 Å². The highest BCUT2D eigenvalue weighted by Gasteiger charge is 2.58. The van der Waals surface area contributed by atoms with Gasteiger partial charge in [-0.25, -0.2) is 14.8 Å². The maximum atomic E-state index is 13.6. The molecule has 6 aliphatic rings. The normalized spacial score (nSPS) is 25.8. The monoisotopic (exact) mass is 772 g/mol. The Morgan fingerprint density at radius 1 is 1.00 bits per heavy atom. The smallest absolute Gasteiger partial charge is 0.355 e. The zero-order valence-corrected chi connectivity index (χ0v) is 32.7. The molecule has 5 aromatic rings. The van der Waals surface area contributed by atoms with Gasteiger partial charge in [0.15, 0.2) is 10.8 Å². The molecule has 3 aromatic heterocycles. The van der Waals surface area contributed by atoms with Crippen LogP contribution in [0, 0.1) is 30.1 Å². The number of carboxylic acids is 1. The van der Waals surface area contributed by atoms with E-state index in [4.69, 9.17) is 19.6 Å². The quantitative estimate of drug-likeness (QED) is 0.144. The molecular formula is C44H48N6O5S. The summed E-state index contributed by atoms with van der Waals surface area (Å²) < 4.78 is 15.7. The van der Waals surface area contributed by atoms with Crippen LogP contribution < -0.4 is 10.2 Å². The SMILES string of the molecule is Cc1c(-c2ccc(N3CCc4cccc(C(=O)Nc5nc6ccccc6s5)c4C3)nc2C(=O)O)cnn1CC12CC3CC(C1)CC(OCC1CCOCC1)(C3)C2. The second-order valence-electron chi connectivity index (χ2n) is 17.2. The summed E-state index contributed by atoms with van der Waals surface area (Å²) in [4.78, 5) is 37.9. The fraction of sp³-hybridized carbons (Fsp3) is 0.477. The number of ether oxygens (including phenoxy) is 2. The van der Waals surface area contributed by atoms with Crippen LogP contribution in [0.3, 0.4) is 0 Å². The molecule has 5 heterocycles. The number of hydrogen-bond donors (Lipinski definition) is 2. The number of para-hydroxylation sites is 1. The maximum Gasteiger partial charge on any atom is 0.355 e. The van der Waals surface area contributed by atoms with Crippen molar-refractivity contribution in [1.82, 2.24) is 19.7 Å². The van der Waals surface area contributed by atoms with E-state index in [1.54, 1.807) is 0 Å². The van der Waals surface area contributed by atoms with Crippen molar-refractivity contribution in [1.29, 1.82) is 0 Å². The number of aromatic carboxylic acids is 1.